The third kappa shape index (κ3) is 4.47. The number of carboxylic acids is 1. The molecule has 1 fully saturated rings. The molecule has 1 amide bonds. The lowest BCUT2D eigenvalue weighted by molar-refractivity contribution is -0.139. The Morgan fingerprint density at radius 1 is 0.971 bits per heavy atom. The zero-order valence-electron chi connectivity index (χ0n) is 18.3. The maximum absolute atomic E-state index is 12.2. The molecule has 0 radical (unpaired) electrons. The Labute approximate surface area is 200 Å². The van der Waals surface area contributed by atoms with Gasteiger partial charge in [-0.05, 0) is 36.1 Å². The van der Waals surface area contributed by atoms with Gasteiger partial charge >= 0.3 is 12.1 Å². The molecule has 1 aliphatic rings. The van der Waals surface area contributed by atoms with Crippen LogP contribution in [0.1, 0.15) is 23.3 Å². The van der Waals surface area contributed by atoms with Crippen molar-refractivity contribution in [3.8, 4) is 21.8 Å². The Balaban J connectivity index is 1.23. The number of aliphatic carboxylic acids is 1. The number of hydrogen-bond donors (Lipinski definition) is 2. The van der Waals surface area contributed by atoms with Gasteiger partial charge in [-0.25, -0.2) is 4.79 Å². The van der Waals surface area contributed by atoms with Gasteiger partial charge in [0.1, 0.15) is 5.41 Å². The van der Waals surface area contributed by atoms with Crippen LogP contribution in [0.4, 0.5) is 10.5 Å². The van der Waals surface area contributed by atoms with Gasteiger partial charge < -0.3 is 14.3 Å². The van der Waals surface area contributed by atoms with E-state index >= 15 is 0 Å². The van der Waals surface area contributed by atoms with Crippen LogP contribution in [0.3, 0.4) is 0 Å². The fourth-order valence-corrected chi connectivity index (χ4v) is 5.16. The molecular weight excluding hydrogens is 450 g/mol. The number of thiophene rings is 1. The smallest absolute Gasteiger partial charge is 0.411 e. The van der Waals surface area contributed by atoms with Crippen LogP contribution in [0.5, 0.6) is 0 Å². The van der Waals surface area contributed by atoms with Gasteiger partial charge in [-0.2, -0.15) is 0 Å². The minimum Gasteiger partial charge on any atom is -0.481 e. The standard InChI is InChI=1S/C27H23NO5S/c29-25(30)27(14-15-27)23-11-10-22(34-23)19-6-8-20(9-7-19)24-21(13-17-32-24)28-26(31)33-16-12-18-4-2-1-3-5-18/h1-11,13,17H,12,14-16H2,(H,28,31)(H,29,30). The molecule has 0 aliphatic heterocycles. The summed E-state index contributed by atoms with van der Waals surface area (Å²) < 4.78 is 10.9. The first-order chi connectivity index (χ1) is 16.5. The molecule has 34 heavy (non-hydrogen) atoms. The van der Waals surface area contributed by atoms with Crippen LogP contribution in [0.25, 0.3) is 21.8 Å². The first-order valence-corrected chi connectivity index (χ1v) is 11.9. The summed E-state index contributed by atoms with van der Waals surface area (Å²) in [7, 11) is 0. The number of rotatable bonds is 8. The summed E-state index contributed by atoms with van der Waals surface area (Å²) in [4.78, 5) is 25.8. The molecule has 1 aliphatic carbocycles. The third-order valence-electron chi connectivity index (χ3n) is 6.04. The quantitative estimate of drug-likeness (QED) is 0.302. The van der Waals surface area contributed by atoms with Crippen LogP contribution in [0.2, 0.25) is 0 Å². The van der Waals surface area contributed by atoms with Crippen LogP contribution in [-0.4, -0.2) is 23.8 Å². The molecule has 2 aromatic carbocycles. The first-order valence-electron chi connectivity index (χ1n) is 11.0. The summed E-state index contributed by atoms with van der Waals surface area (Å²) in [5.74, 6) is -0.200. The lowest BCUT2D eigenvalue weighted by Gasteiger charge is -2.08. The number of benzene rings is 2. The van der Waals surface area contributed by atoms with Gasteiger partial charge in [0.25, 0.3) is 0 Å². The summed E-state index contributed by atoms with van der Waals surface area (Å²) in [6.45, 7) is 0.281. The van der Waals surface area contributed by atoms with E-state index in [1.54, 1.807) is 6.07 Å². The normalized spacial score (nSPS) is 13.9. The number of carboxylic acid groups (broad SMARTS) is 1. The van der Waals surface area contributed by atoms with E-state index in [1.165, 1.54) is 17.6 Å². The molecule has 0 saturated heterocycles. The van der Waals surface area contributed by atoms with E-state index < -0.39 is 17.5 Å². The second-order valence-electron chi connectivity index (χ2n) is 8.29. The van der Waals surface area contributed by atoms with Crippen LogP contribution >= 0.6 is 11.3 Å². The molecule has 172 valence electrons. The zero-order valence-corrected chi connectivity index (χ0v) is 19.1. The predicted molar refractivity (Wildman–Crippen MR) is 131 cm³/mol. The van der Waals surface area contributed by atoms with Gasteiger partial charge in [0, 0.05) is 27.8 Å². The fraction of sp³-hybridized carbons (Fsp3) is 0.185. The van der Waals surface area contributed by atoms with Crippen molar-refractivity contribution in [2.75, 3.05) is 11.9 Å². The van der Waals surface area contributed by atoms with Crippen LogP contribution in [0.15, 0.2) is 83.5 Å². The molecular formula is C27H23NO5S. The van der Waals surface area contributed by atoms with Crippen molar-refractivity contribution in [1.82, 2.24) is 0 Å². The number of amides is 1. The Hall–Kier alpha value is -3.84. The van der Waals surface area contributed by atoms with E-state index in [-0.39, 0.29) is 6.61 Å². The van der Waals surface area contributed by atoms with Crippen LogP contribution in [0, 0.1) is 0 Å². The van der Waals surface area contributed by atoms with Gasteiger partial charge in [-0.1, -0.05) is 54.6 Å². The molecule has 7 heteroatoms. The van der Waals surface area contributed by atoms with E-state index in [0.29, 0.717) is 30.7 Å². The van der Waals surface area contributed by atoms with Gasteiger partial charge in [0.2, 0.25) is 0 Å². The Kier molecular flexibility index (Phi) is 5.94. The second kappa shape index (κ2) is 9.19. The summed E-state index contributed by atoms with van der Waals surface area (Å²) in [6.07, 6.45) is 3.03. The Morgan fingerprint density at radius 2 is 1.71 bits per heavy atom. The largest absolute Gasteiger partial charge is 0.481 e. The molecule has 6 nitrogen and oxygen atoms in total. The predicted octanol–water partition coefficient (Wildman–Crippen LogP) is 6.58. The van der Waals surface area contributed by atoms with Crippen molar-refractivity contribution in [2.24, 2.45) is 0 Å². The monoisotopic (exact) mass is 473 g/mol. The number of furan rings is 1. The number of anilines is 1. The number of nitrogens with one attached hydrogen (secondary N) is 1. The highest BCUT2D eigenvalue weighted by Crippen LogP contribution is 2.51. The molecule has 0 unspecified atom stereocenters. The Morgan fingerprint density at radius 3 is 2.41 bits per heavy atom. The SMILES string of the molecule is O=C(Nc1ccoc1-c1ccc(-c2ccc(C3(C(=O)O)CC3)s2)cc1)OCCc1ccccc1. The van der Waals surface area contributed by atoms with Crippen molar-refractivity contribution in [1.29, 1.82) is 0 Å². The topological polar surface area (TPSA) is 88.8 Å². The summed E-state index contributed by atoms with van der Waals surface area (Å²) in [6, 6.07) is 23.2. The van der Waals surface area contributed by atoms with Crippen molar-refractivity contribution >= 4 is 29.1 Å². The molecule has 4 aromatic rings. The van der Waals surface area contributed by atoms with E-state index in [2.05, 4.69) is 5.32 Å². The van der Waals surface area contributed by atoms with Gasteiger partial charge in [0.05, 0.1) is 18.6 Å². The maximum Gasteiger partial charge on any atom is 0.411 e. The van der Waals surface area contributed by atoms with Crippen LogP contribution in [-0.2, 0) is 21.4 Å². The van der Waals surface area contributed by atoms with E-state index in [4.69, 9.17) is 9.15 Å². The average Bonchev–Trinajstić information content (AvgIpc) is 3.29. The number of carbonyl (C=O) groups excluding carboxylic acids is 1. The minimum atomic E-state index is -0.743. The minimum absolute atomic E-state index is 0.281. The molecule has 2 N–H and O–H groups in total. The van der Waals surface area contributed by atoms with Gasteiger partial charge in [-0.15, -0.1) is 11.3 Å². The third-order valence-corrected chi connectivity index (χ3v) is 7.38. The Bertz CT molecular complexity index is 1300. The highest BCUT2D eigenvalue weighted by Gasteiger charge is 2.52. The zero-order chi connectivity index (χ0) is 23.5. The molecule has 0 spiro atoms. The van der Waals surface area contributed by atoms with Crippen molar-refractivity contribution in [3.05, 3.63) is 89.5 Å². The fourth-order valence-electron chi connectivity index (χ4n) is 3.91. The summed E-state index contributed by atoms with van der Waals surface area (Å²) >= 11 is 1.53. The molecule has 1 saturated carbocycles. The van der Waals surface area contributed by atoms with Crippen LogP contribution < -0.4 is 5.32 Å². The number of hydrogen-bond acceptors (Lipinski definition) is 5. The lowest BCUT2D eigenvalue weighted by Crippen LogP contribution is -2.17. The summed E-state index contributed by atoms with van der Waals surface area (Å²) in [5.41, 5.74) is 2.77. The lowest BCUT2D eigenvalue weighted by atomic mass is 10.1. The van der Waals surface area contributed by atoms with Gasteiger partial charge in [0.15, 0.2) is 5.76 Å². The highest BCUT2D eigenvalue weighted by atomic mass is 32.1. The van der Waals surface area contributed by atoms with E-state index in [0.717, 1.165) is 26.4 Å². The molecule has 0 atom stereocenters. The first kappa shape index (κ1) is 22.0. The number of carbonyl (C=O) groups is 2. The molecule has 2 aromatic heterocycles. The van der Waals surface area contributed by atoms with Crippen molar-refractivity contribution in [2.45, 2.75) is 24.7 Å². The summed E-state index contributed by atoms with van der Waals surface area (Å²) in [5, 5.41) is 12.3. The molecule has 0 bridgehead atoms. The van der Waals surface area contributed by atoms with Crippen molar-refractivity contribution in [3.63, 3.8) is 0 Å². The van der Waals surface area contributed by atoms with Crippen molar-refractivity contribution < 1.29 is 23.8 Å². The highest BCUT2D eigenvalue weighted by molar-refractivity contribution is 7.15. The van der Waals surface area contributed by atoms with Gasteiger partial charge in [-0.3, -0.25) is 10.1 Å². The average molecular weight is 474 g/mol. The molecule has 5 rings (SSSR count). The van der Waals surface area contributed by atoms with E-state index in [1.807, 2.05) is 66.7 Å². The van der Waals surface area contributed by atoms with E-state index in [9.17, 15) is 14.7 Å². The molecule has 2 heterocycles. The number of ether oxygens (including phenoxy) is 1. The maximum atomic E-state index is 12.2. The second-order valence-corrected chi connectivity index (χ2v) is 9.37.